The smallest absolute Gasteiger partial charge is 0.219 e. The van der Waals surface area contributed by atoms with Crippen LogP contribution in [0.2, 0.25) is 0 Å². The molecule has 0 bridgehead atoms. The van der Waals surface area contributed by atoms with E-state index in [1.807, 2.05) is 0 Å². The summed E-state index contributed by atoms with van der Waals surface area (Å²) >= 11 is 0. The van der Waals surface area contributed by atoms with Gasteiger partial charge in [0.1, 0.15) is 5.75 Å². The SMILES string of the molecule is O=C1CCCC2=C1C(c1ccc(O)cc1)Nc1nonc1N2. The van der Waals surface area contributed by atoms with E-state index in [1.54, 1.807) is 24.3 Å². The molecule has 0 spiro atoms. The summed E-state index contributed by atoms with van der Waals surface area (Å²) in [7, 11) is 0. The third-order valence-corrected chi connectivity index (χ3v) is 4.01. The van der Waals surface area contributed by atoms with Crippen molar-refractivity contribution in [1.29, 1.82) is 0 Å². The molecule has 112 valence electrons. The van der Waals surface area contributed by atoms with E-state index in [4.69, 9.17) is 4.63 Å². The number of nitrogens with zero attached hydrogens (tertiary/aromatic N) is 2. The van der Waals surface area contributed by atoms with Gasteiger partial charge in [0.2, 0.25) is 11.6 Å². The van der Waals surface area contributed by atoms with Crippen molar-refractivity contribution in [2.24, 2.45) is 0 Å². The molecule has 3 N–H and O–H groups in total. The van der Waals surface area contributed by atoms with Crippen molar-refractivity contribution in [3.8, 4) is 5.75 Å². The van der Waals surface area contributed by atoms with Crippen LogP contribution in [0.1, 0.15) is 30.9 Å². The number of nitrogens with one attached hydrogen (secondary N) is 2. The van der Waals surface area contributed by atoms with Crippen molar-refractivity contribution >= 4 is 17.4 Å². The number of aromatic nitrogens is 2. The number of fused-ring (bicyclic) bond motifs is 1. The first-order valence-electron chi connectivity index (χ1n) is 7.13. The Kier molecular flexibility index (Phi) is 2.85. The second-order valence-corrected chi connectivity index (χ2v) is 5.42. The molecular weight excluding hydrogens is 284 g/mol. The van der Waals surface area contributed by atoms with E-state index in [-0.39, 0.29) is 17.6 Å². The number of phenolic OH excluding ortho intramolecular Hbond substituents is 1. The molecule has 0 saturated heterocycles. The lowest BCUT2D eigenvalue weighted by Gasteiger charge is -2.24. The highest BCUT2D eigenvalue weighted by molar-refractivity contribution is 6.00. The number of allylic oxidation sites excluding steroid dienone is 1. The maximum Gasteiger partial charge on any atom is 0.219 e. The largest absolute Gasteiger partial charge is 0.508 e. The van der Waals surface area contributed by atoms with Crippen molar-refractivity contribution in [3.63, 3.8) is 0 Å². The van der Waals surface area contributed by atoms with E-state index in [2.05, 4.69) is 20.9 Å². The first-order chi connectivity index (χ1) is 10.7. The number of phenols is 1. The number of rotatable bonds is 1. The van der Waals surface area contributed by atoms with Gasteiger partial charge in [0.05, 0.1) is 6.04 Å². The highest BCUT2D eigenvalue weighted by Gasteiger charge is 2.33. The fraction of sp³-hybridized carbons (Fsp3) is 0.267. The van der Waals surface area contributed by atoms with Crippen molar-refractivity contribution < 1.29 is 14.5 Å². The minimum Gasteiger partial charge on any atom is -0.508 e. The average Bonchev–Trinajstić information content (AvgIpc) is 2.87. The molecule has 2 heterocycles. The molecule has 0 fully saturated rings. The first-order valence-corrected chi connectivity index (χ1v) is 7.13. The zero-order chi connectivity index (χ0) is 15.1. The molecule has 1 unspecified atom stereocenters. The molecule has 7 heteroatoms. The Hall–Kier alpha value is -2.83. The van der Waals surface area contributed by atoms with Gasteiger partial charge in [-0.25, -0.2) is 4.63 Å². The quantitative estimate of drug-likeness (QED) is 0.743. The Morgan fingerprint density at radius 3 is 2.73 bits per heavy atom. The molecule has 1 aliphatic heterocycles. The predicted octanol–water partition coefficient (Wildman–Crippen LogP) is 2.36. The molecule has 0 amide bonds. The van der Waals surface area contributed by atoms with E-state index in [0.29, 0.717) is 23.6 Å². The van der Waals surface area contributed by atoms with Crippen molar-refractivity contribution in [1.82, 2.24) is 10.3 Å². The summed E-state index contributed by atoms with van der Waals surface area (Å²) in [5.41, 5.74) is 2.44. The van der Waals surface area contributed by atoms with E-state index in [9.17, 15) is 9.90 Å². The first kappa shape index (κ1) is 12.9. The van der Waals surface area contributed by atoms with Gasteiger partial charge in [-0.05, 0) is 40.9 Å². The van der Waals surface area contributed by atoms with Gasteiger partial charge in [0, 0.05) is 17.7 Å². The summed E-state index contributed by atoms with van der Waals surface area (Å²) in [4.78, 5) is 12.5. The average molecular weight is 298 g/mol. The number of anilines is 2. The summed E-state index contributed by atoms with van der Waals surface area (Å²) in [5, 5.41) is 23.5. The van der Waals surface area contributed by atoms with Gasteiger partial charge >= 0.3 is 0 Å². The molecule has 1 aromatic carbocycles. The summed E-state index contributed by atoms with van der Waals surface area (Å²) < 4.78 is 4.76. The van der Waals surface area contributed by atoms with Gasteiger partial charge in [-0.1, -0.05) is 12.1 Å². The molecule has 1 aromatic heterocycles. The standard InChI is InChI=1S/C15H14N4O3/c20-9-6-4-8(5-7-9)13-12-10(2-1-3-11(12)21)16-14-15(17-13)19-22-18-14/h4-7,13,20H,1-3H2,(H,16,18)(H,17,19). The normalized spacial score (nSPS) is 20.5. The number of Topliss-reactive ketones (excluding diaryl/α,β-unsaturated/α-hetero) is 1. The third kappa shape index (κ3) is 2.02. The lowest BCUT2D eigenvalue weighted by Crippen LogP contribution is -2.23. The number of benzene rings is 1. The van der Waals surface area contributed by atoms with E-state index in [0.717, 1.165) is 24.1 Å². The lowest BCUT2D eigenvalue weighted by atomic mass is 9.87. The Labute approximate surface area is 126 Å². The minimum absolute atomic E-state index is 0.112. The monoisotopic (exact) mass is 298 g/mol. The van der Waals surface area contributed by atoms with Gasteiger partial charge in [0.15, 0.2) is 5.78 Å². The second-order valence-electron chi connectivity index (χ2n) is 5.42. The Balaban J connectivity index is 1.85. The maximum atomic E-state index is 12.5. The number of carbonyl (C=O) groups is 1. The number of hydrogen-bond donors (Lipinski definition) is 3. The lowest BCUT2D eigenvalue weighted by molar-refractivity contribution is -0.116. The van der Waals surface area contributed by atoms with Gasteiger partial charge in [-0.3, -0.25) is 4.79 Å². The van der Waals surface area contributed by atoms with E-state index < -0.39 is 0 Å². The van der Waals surface area contributed by atoms with Crippen LogP contribution in [-0.2, 0) is 4.79 Å². The summed E-state index contributed by atoms with van der Waals surface area (Å²) in [5.74, 6) is 1.26. The van der Waals surface area contributed by atoms with Gasteiger partial charge in [0.25, 0.3) is 0 Å². The second kappa shape index (κ2) is 4.87. The molecule has 22 heavy (non-hydrogen) atoms. The van der Waals surface area contributed by atoms with Gasteiger partial charge in [-0.2, -0.15) is 0 Å². The fourth-order valence-electron chi connectivity index (χ4n) is 2.96. The maximum absolute atomic E-state index is 12.5. The van der Waals surface area contributed by atoms with E-state index >= 15 is 0 Å². The van der Waals surface area contributed by atoms with Crippen LogP contribution in [0.4, 0.5) is 11.6 Å². The molecule has 2 aromatic rings. The molecule has 0 saturated carbocycles. The Bertz CT molecular complexity index is 763. The zero-order valence-electron chi connectivity index (χ0n) is 11.7. The zero-order valence-corrected chi connectivity index (χ0v) is 11.7. The number of ketones is 1. The van der Waals surface area contributed by atoms with Crippen molar-refractivity contribution in [2.45, 2.75) is 25.3 Å². The van der Waals surface area contributed by atoms with Gasteiger partial charge in [-0.15, -0.1) is 0 Å². The van der Waals surface area contributed by atoms with Crippen LogP contribution in [-0.4, -0.2) is 21.2 Å². The number of hydrogen-bond acceptors (Lipinski definition) is 7. The van der Waals surface area contributed by atoms with Crippen LogP contribution in [0.15, 0.2) is 40.2 Å². The molecule has 1 atom stereocenters. The van der Waals surface area contributed by atoms with Crippen LogP contribution in [0.3, 0.4) is 0 Å². The number of aromatic hydroxyl groups is 1. The summed E-state index contributed by atoms with van der Waals surface area (Å²) in [6, 6.07) is 6.44. The van der Waals surface area contributed by atoms with Crippen LogP contribution in [0.5, 0.6) is 5.75 Å². The van der Waals surface area contributed by atoms with Crippen molar-refractivity contribution in [3.05, 3.63) is 41.1 Å². The summed E-state index contributed by atoms with van der Waals surface area (Å²) in [6.45, 7) is 0. The number of carbonyl (C=O) groups excluding carboxylic acids is 1. The Morgan fingerprint density at radius 2 is 1.91 bits per heavy atom. The summed E-state index contributed by atoms with van der Waals surface area (Å²) in [6.07, 6.45) is 2.13. The highest BCUT2D eigenvalue weighted by atomic mass is 16.6. The molecule has 2 aliphatic rings. The van der Waals surface area contributed by atoms with Crippen LogP contribution in [0.25, 0.3) is 0 Å². The van der Waals surface area contributed by atoms with Crippen LogP contribution in [0, 0.1) is 0 Å². The fourth-order valence-corrected chi connectivity index (χ4v) is 2.96. The molecular formula is C15H14N4O3. The highest BCUT2D eigenvalue weighted by Crippen LogP contribution is 2.39. The molecule has 1 aliphatic carbocycles. The molecule has 4 rings (SSSR count). The van der Waals surface area contributed by atoms with Gasteiger partial charge < -0.3 is 15.7 Å². The van der Waals surface area contributed by atoms with Crippen molar-refractivity contribution in [2.75, 3.05) is 10.6 Å². The Morgan fingerprint density at radius 1 is 1.14 bits per heavy atom. The van der Waals surface area contributed by atoms with E-state index in [1.165, 1.54) is 0 Å². The topological polar surface area (TPSA) is 100 Å². The third-order valence-electron chi connectivity index (χ3n) is 4.01. The van der Waals surface area contributed by atoms with Crippen LogP contribution < -0.4 is 10.6 Å². The van der Waals surface area contributed by atoms with Crippen LogP contribution >= 0.6 is 0 Å². The predicted molar refractivity (Wildman–Crippen MR) is 78.3 cm³/mol. The molecule has 7 nitrogen and oxygen atoms in total. The molecule has 0 radical (unpaired) electrons. The minimum atomic E-state index is -0.343.